The Bertz CT molecular complexity index is 543. The molecule has 1 atom stereocenters. The Kier molecular flexibility index (Phi) is 5.62. The Hall–Kier alpha value is -1.04. The highest BCUT2D eigenvalue weighted by molar-refractivity contribution is 8.00. The summed E-state index contributed by atoms with van der Waals surface area (Å²) in [5.41, 5.74) is 0.820. The van der Waals surface area contributed by atoms with Crippen molar-refractivity contribution in [3.63, 3.8) is 0 Å². The minimum Gasteiger partial charge on any atom is -0.350 e. The Morgan fingerprint density at radius 3 is 2.74 bits per heavy atom. The standard InChI is InChI=1S/C18H25NO3S/c1-13(2)23-16-8-4-3-7-15(16)17(20)19-9-5-6-14(12-19)18-21-10-11-22-18/h3-4,7-8,13-14,18H,5-6,9-12H2,1-2H3. The second-order valence-electron chi connectivity index (χ2n) is 6.43. The van der Waals surface area contributed by atoms with Crippen LogP contribution in [0.15, 0.2) is 29.2 Å². The average Bonchev–Trinajstić information content (AvgIpc) is 3.09. The van der Waals surface area contributed by atoms with Gasteiger partial charge in [-0.2, -0.15) is 0 Å². The normalized spacial score (nSPS) is 22.7. The monoisotopic (exact) mass is 335 g/mol. The highest BCUT2D eigenvalue weighted by Crippen LogP contribution is 2.30. The Morgan fingerprint density at radius 1 is 1.26 bits per heavy atom. The molecule has 2 saturated heterocycles. The van der Waals surface area contributed by atoms with Crippen molar-refractivity contribution in [2.45, 2.75) is 43.1 Å². The number of ether oxygens (including phenoxy) is 2. The summed E-state index contributed by atoms with van der Waals surface area (Å²) in [6.45, 7) is 7.19. The molecule has 2 fully saturated rings. The number of nitrogens with zero attached hydrogens (tertiary/aromatic N) is 1. The van der Waals surface area contributed by atoms with Gasteiger partial charge in [0.15, 0.2) is 6.29 Å². The summed E-state index contributed by atoms with van der Waals surface area (Å²) >= 11 is 1.75. The Balaban J connectivity index is 1.72. The van der Waals surface area contributed by atoms with E-state index in [2.05, 4.69) is 13.8 Å². The number of hydrogen-bond donors (Lipinski definition) is 0. The van der Waals surface area contributed by atoms with Crippen LogP contribution in [-0.2, 0) is 9.47 Å². The fourth-order valence-corrected chi connectivity index (χ4v) is 4.18. The van der Waals surface area contributed by atoms with E-state index in [-0.39, 0.29) is 12.2 Å². The van der Waals surface area contributed by atoms with Crippen LogP contribution in [0.2, 0.25) is 0 Å². The van der Waals surface area contributed by atoms with E-state index in [1.54, 1.807) is 11.8 Å². The van der Waals surface area contributed by atoms with Crippen LogP contribution in [-0.4, -0.2) is 48.7 Å². The molecule has 3 rings (SSSR count). The molecule has 4 nitrogen and oxygen atoms in total. The van der Waals surface area contributed by atoms with Crippen LogP contribution in [0.5, 0.6) is 0 Å². The number of amides is 1. The third kappa shape index (κ3) is 4.08. The number of rotatable bonds is 4. The molecule has 1 unspecified atom stereocenters. The number of thioether (sulfide) groups is 1. The van der Waals surface area contributed by atoms with Gasteiger partial charge in [-0.05, 0) is 25.0 Å². The number of likely N-dealkylation sites (tertiary alicyclic amines) is 1. The summed E-state index contributed by atoms with van der Waals surface area (Å²) in [6, 6.07) is 7.94. The summed E-state index contributed by atoms with van der Waals surface area (Å²) in [5.74, 6) is 0.427. The van der Waals surface area contributed by atoms with Crippen molar-refractivity contribution < 1.29 is 14.3 Å². The molecule has 1 amide bonds. The van der Waals surface area contributed by atoms with Crippen molar-refractivity contribution in [1.82, 2.24) is 4.90 Å². The molecule has 0 aliphatic carbocycles. The second-order valence-corrected chi connectivity index (χ2v) is 8.04. The van der Waals surface area contributed by atoms with Crippen molar-refractivity contribution >= 4 is 17.7 Å². The predicted molar refractivity (Wildman–Crippen MR) is 91.8 cm³/mol. The zero-order valence-corrected chi connectivity index (χ0v) is 14.7. The number of benzene rings is 1. The zero-order valence-electron chi connectivity index (χ0n) is 13.9. The van der Waals surface area contributed by atoms with E-state index in [4.69, 9.17) is 9.47 Å². The molecule has 0 aromatic heterocycles. The van der Waals surface area contributed by atoms with Crippen LogP contribution >= 0.6 is 11.8 Å². The van der Waals surface area contributed by atoms with Gasteiger partial charge in [0.05, 0.1) is 18.8 Å². The van der Waals surface area contributed by atoms with Crippen molar-refractivity contribution in [1.29, 1.82) is 0 Å². The lowest BCUT2D eigenvalue weighted by Gasteiger charge is -2.35. The molecule has 1 aromatic carbocycles. The fourth-order valence-electron chi connectivity index (χ4n) is 3.24. The summed E-state index contributed by atoms with van der Waals surface area (Å²) in [6.07, 6.45) is 1.95. The second kappa shape index (κ2) is 7.69. The van der Waals surface area contributed by atoms with Crippen molar-refractivity contribution in [3.8, 4) is 0 Å². The lowest BCUT2D eigenvalue weighted by atomic mass is 9.96. The molecule has 2 aliphatic rings. The quantitative estimate of drug-likeness (QED) is 0.791. The lowest BCUT2D eigenvalue weighted by molar-refractivity contribution is -0.0969. The van der Waals surface area contributed by atoms with Crippen LogP contribution in [0.4, 0.5) is 0 Å². The molecule has 2 heterocycles. The maximum atomic E-state index is 13.0. The predicted octanol–water partition coefficient (Wildman–Crippen LogP) is 3.41. The fraction of sp³-hybridized carbons (Fsp3) is 0.611. The molecule has 2 aliphatic heterocycles. The van der Waals surface area contributed by atoms with Gasteiger partial charge in [0.25, 0.3) is 5.91 Å². The van der Waals surface area contributed by atoms with Crippen molar-refractivity contribution in [2.24, 2.45) is 5.92 Å². The summed E-state index contributed by atoms with van der Waals surface area (Å²) in [7, 11) is 0. The van der Waals surface area contributed by atoms with Crippen LogP contribution < -0.4 is 0 Å². The van der Waals surface area contributed by atoms with E-state index in [9.17, 15) is 4.79 Å². The minimum atomic E-state index is -0.133. The lowest BCUT2D eigenvalue weighted by Crippen LogP contribution is -2.44. The van der Waals surface area contributed by atoms with E-state index >= 15 is 0 Å². The van der Waals surface area contributed by atoms with E-state index in [1.165, 1.54) is 0 Å². The van der Waals surface area contributed by atoms with Crippen LogP contribution in [0.3, 0.4) is 0 Å². The molecule has 23 heavy (non-hydrogen) atoms. The van der Waals surface area contributed by atoms with Gasteiger partial charge in [-0.15, -0.1) is 11.8 Å². The van der Waals surface area contributed by atoms with Crippen LogP contribution in [0.25, 0.3) is 0 Å². The molecule has 126 valence electrons. The number of carbonyl (C=O) groups is 1. The topological polar surface area (TPSA) is 38.8 Å². The first-order valence-corrected chi connectivity index (χ1v) is 9.31. The average molecular weight is 335 g/mol. The minimum absolute atomic E-state index is 0.133. The SMILES string of the molecule is CC(C)Sc1ccccc1C(=O)N1CCCC(C2OCCO2)C1. The molecule has 0 radical (unpaired) electrons. The van der Waals surface area contributed by atoms with Gasteiger partial charge in [-0.1, -0.05) is 26.0 Å². The molecule has 0 bridgehead atoms. The number of hydrogen-bond acceptors (Lipinski definition) is 4. The molecular weight excluding hydrogens is 310 g/mol. The third-order valence-electron chi connectivity index (χ3n) is 4.26. The van der Waals surface area contributed by atoms with Crippen molar-refractivity contribution in [3.05, 3.63) is 29.8 Å². The van der Waals surface area contributed by atoms with Gasteiger partial charge in [0.2, 0.25) is 0 Å². The molecule has 5 heteroatoms. The first-order chi connectivity index (χ1) is 11.1. The highest BCUT2D eigenvalue weighted by atomic mass is 32.2. The van der Waals surface area contributed by atoms with E-state index in [0.29, 0.717) is 24.4 Å². The van der Waals surface area contributed by atoms with Crippen LogP contribution in [0, 0.1) is 5.92 Å². The van der Waals surface area contributed by atoms with E-state index in [0.717, 1.165) is 36.4 Å². The summed E-state index contributed by atoms with van der Waals surface area (Å²) < 4.78 is 11.3. The van der Waals surface area contributed by atoms with Gasteiger partial charge in [-0.25, -0.2) is 0 Å². The molecule has 0 spiro atoms. The first kappa shape index (κ1) is 16.8. The van der Waals surface area contributed by atoms with E-state index < -0.39 is 0 Å². The maximum absolute atomic E-state index is 13.0. The first-order valence-electron chi connectivity index (χ1n) is 8.43. The highest BCUT2D eigenvalue weighted by Gasteiger charge is 2.33. The Labute approximate surface area is 142 Å². The number of piperidine rings is 1. The van der Waals surface area contributed by atoms with Gasteiger partial charge >= 0.3 is 0 Å². The van der Waals surface area contributed by atoms with E-state index in [1.807, 2.05) is 29.2 Å². The van der Waals surface area contributed by atoms with Gasteiger partial charge in [0, 0.05) is 29.2 Å². The number of carbonyl (C=O) groups excluding carboxylic acids is 1. The van der Waals surface area contributed by atoms with Crippen molar-refractivity contribution in [2.75, 3.05) is 26.3 Å². The zero-order chi connectivity index (χ0) is 16.2. The maximum Gasteiger partial charge on any atom is 0.255 e. The third-order valence-corrected chi connectivity index (χ3v) is 5.34. The van der Waals surface area contributed by atoms with Gasteiger partial charge in [0.1, 0.15) is 0 Å². The molecule has 0 N–H and O–H groups in total. The largest absolute Gasteiger partial charge is 0.350 e. The molecule has 0 saturated carbocycles. The summed E-state index contributed by atoms with van der Waals surface area (Å²) in [5, 5.41) is 0.457. The van der Waals surface area contributed by atoms with Crippen LogP contribution in [0.1, 0.15) is 37.0 Å². The smallest absolute Gasteiger partial charge is 0.255 e. The van der Waals surface area contributed by atoms with Gasteiger partial charge < -0.3 is 14.4 Å². The summed E-state index contributed by atoms with van der Waals surface area (Å²) in [4.78, 5) is 16.0. The molecule has 1 aromatic rings. The Morgan fingerprint density at radius 2 is 2.00 bits per heavy atom. The van der Waals surface area contributed by atoms with Gasteiger partial charge in [-0.3, -0.25) is 4.79 Å². The molecular formula is C18H25NO3S.